The van der Waals surface area contributed by atoms with Crippen LogP contribution < -0.4 is 5.30 Å². The molecular weight excluding hydrogens is 429 g/mol. The summed E-state index contributed by atoms with van der Waals surface area (Å²) in [4.78, 5) is 0. The smallest absolute Gasteiger partial charge is 0.0620 e. The van der Waals surface area contributed by atoms with Crippen LogP contribution in [0, 0.1) is 5.92 Å². The largest absolute Gasteiger partial charge is 0.184 e. The first-order valence-electron chi connectivity index (χ1n) is 5.24. The van der Waals surface area contributed by atoms with Gasteiger partial charge in [-0.3, -0.25) is 0 Å². The van der Waals surface area contributed by atoms with Crippen LogP contribution in [-0.2, 0) is 0 Å². The molecule has 1 aliphatic carbocycles. The zero-order valence-electron chi connectivity index (χ0n) is 9.08. The van der Waals surface area contributed by atoms with E-state index in [9.17, 15) is 0 Å². The fraction of sp³-hybridized carbons (Fsp3) is 0.500. The minimum absolute atomic E-state index is 0.462. The Morgan fingerprint density at radius 1 is 1.13 bits per heavy atom. The van der Waals surface area contributed by atoms with Gasteiger partial charge in [0.2, 0.25) is 0 Å². The van der Waals surface area contributed by atoms with Crippen molar-refractivity contribution >= 4 is 57.7 Å². The maximum absolute atomic E-state index is 2.71. The summed E-state index contributed by atoms with van der Waals surface area (Å²) >= 11 is 5.42. The summed E-state index contributed by atoms with van der Waals surface area (Å²) < 4.78 is 0.462. The molecule has 0 nitrogen and oxygen atoms in total. The highest BCUT2D eigenvalue weighted by molar-refractivity contribution is 14.2. The van der Waals surface area contributed by atoms with Crippen LogP contribution in [0.2, 0.25) is 0 Å². The first-order valence-corrected chi connectivity index (χ1v) is 10.1. The van der Waals surface area contributed by atoms with Crippen LogP contribution in [0.3, 0.4) is 0 Å². The molecular formula is C12H16I2P+. The second-order valence-electron chi connectivity index (χ2n) is 4.65. The lowest BCUT2D eigenvalue weighted by Gasteiger charge is -2.31. The van der Waals surface area contributed by atoms with E-state index in [4.69, 9.17) is 0 Å². The average molecular weight is 445 g/mol. The average Bonchev–Trinajstić information content (AvgIpc) is 3.02. The molecule has 1 aromatic carbocycles. The molecule has 0 spiro atoms. The molecule has 1 aliphatic rings. The minimum atomic E-state index is -1.02. The van der Waals surface area contributed by atoms with Gasteiger partial charge in [0.25, 0.3) is 0 Å². The molecule has 0 amide bonds. The second-order valence-corrected chi connectivity index (χ2v) is 16.0. The lowest BCUT2D eigenvalue weighted by Crippen LogP contribution is -2.26. The van der Waals surface area contributed by atoms with Gasteiger partial charge in [-0.2, -0.15) is 0 Å². The highest BCUT2D eigenvalue weighted by Gasteiger charge is 2.58. The number of hydrogen-bond acceptors (Lipinski definition) is 0. The topological polar surface area (TPSA) is 0 Å². The van der Waals surface area contributed by atoms with E-state index < -0.39 is 7.26 Å². The lowest BCUT2D eigenvalue weighted by atomic mass is 10.4. The van der Waals surface area contributed by atoms with E-state index in [0.29, 0.717) is 1.17 Å². The van der Waals surface area contributed by atoms with Gasteiger partial charge in [0.1, 0.15) is 0 Å². The molecule has 0 atom stereocenters. The highest BCUT2D eigenvalue weighted by atomic mass is 127. The standard InChI is InChI=1S/C12H16I2P/c1-15(2,11-6-4-3-5-7-11)12(13,14)10-8-9-10/h3-7,10H,8-9H2,1-2H3/q+1. The Kier molecular flexibility index (Phi) is 3.70. The molecule has 82 valence electrons. The van der Waals surface area contributed by atoms with Crippen LogP contribution in [0.25, 0.3) is 0 Å². The molecule has 0 aromatic heterocycles. The van der Waals surface area contributed by atoms with Crippen molar-refractivity contribution in [2.45, 2.75) is 14.0 Å². The van der Waals surface area contributed by atoms with Crippen LogP contribution in [-0.4, -0.2) is 14.5 Å². The van der Waals surface area contributed by atoms with Gasteiger partial charge in [0.15, 0.2) is 1.17 Å². The molecule has 0 saturated heterocycles. The van der Waals surface area contributed by atoms with Crippen LogP contribution in [0.4, 0.5) is 0 Å². The van der Waals surface area contributed by atoms with E-state index in [1.165, 1.54) is 12.8 Å². The van der Waals surface area contributed by atoms with E-state index in [-0.39, 0.29) is 0 Å². The zero-order chi connectivity index (χ0) is 11.1. The first kappa shape index (κ1) is 12.6. The van der Waals surface area contributed by atoms with Crippen molar-refractivity contribution in [1.29, 1.82) is 0 Å². The van der Waals surface area contributed by atoms with Gasteiger partial charge in [0, 0.05) is 5.92 Å². The lowest BCUT2D eigenvalue weighted by molar-refractivity contribution is 0.944. The van der Waals surface area contributed by atoms with E-state index in [0.717, 1.165) is 5.92 Å². The molecule has 1 aromatic rings. The van der Waals surface area contributed by atoms with E-state index in [2.05, 4.69) is 88.8 Å². The number of benzene rings is 1. The molecule has 15 heavy (non-hydrogen) atoms. The quantitative estimate of drug-likeness (QED) is 0.365. The molecule has 0 N–H and O–H groups in total. The highest BCUT2D eigenvalue weighted by Crippen LogP contribution is 2.75. The van der Waals surface area contributed by atoms with Gasteiger partial charge in [-0.05, 0) is 70.2 Å². The zero-order valence-corrected chi connectivity index (χ0v) is 14.3. The molecule has 3 heteroatoms. The van der Waals surface area contributed by atoms with Crippen LogP contribution in [0.15, 0.2) is 30.3 Å². The van der Waals surface area contributed by atoms with Crippen molar-refractivity contribution < 1.29 is 0 Å². The van der Waals surface area contributed by atoms with Gasteiger partial charge in [-0.15, -0.1) is 0 Å². The molecule has 2 rings (SSSR count). The molecule has 1 saturated carbocycles. The fourth-order valence-electron chi connectivity index (χ4n) is 1.86. The molecule has 0 aliphatic heterocycles. The third-order valence-electron chi connectivity index (χ3n) is 3.22. The molecule has 0 heterocycles. The Morgan fingerprint density at radius 2 is 1.67 bits per heavy atom. The molecule has 1 fully saturated rings. The summed E-state index contributed by atoms with van der Waals surface area (Å²) in [7, 11) is -1.02. The number of halogens is 2. The van der Waals surface area contributed by atoms with E-state index in [1.807, 2.05) is 0 Å². The van der Waals surface area contributed by atoms with Crippen LogP contribution in [0.1, 0.15) is 12.8 Å². The summed E-state index contributed by atoms with van der Waals surface area (Å²) in [5.41, 5.74) is 0. The van der Waals surface area contributed by atoms with Gasteiger partial charge in [0.05, 0.1) is 25.9 Å². The maximum atomic E-state index is 2.71. The predicted molar refractivity (Wildman–Crippen MR) is 88.3 cm³/mol. The SMILES string of the molecule is C[P+](C)(c1ccccc1)C(I)(I)C1CC1. The Labute approximate surface area is 120 Å². The van der Waals surface area contributed by atoms with Crippen molar-refractivity contribution in [2.24, 2.45) is 5.92 Å². The van der Waals surface area contributed by atoms with Gasteiger partial charge < -0.3 is 0 Å². The monoisotopic (exact) mass is 445 g/mol. The van der Waals surface area contributed by atoms with Crippen molar-refractivity contribution in [3.63, 3.8) is 0 Å². The second kappa shape index (κ2) is 4.41. The van der Waals surface area contributed by atoms with E-state index in [1.54, 1.807) is 5.30 Å². The summed E-state index contributed by atoms with van der Waals surface area (Å²) in [6.07, 6.45) is 2.87. The fourth-order valence-corrected chi connectivity index (χ4v) is 7.21. The Hall–Kier alpha value is 1.11. The number of rotatable bonds is 3. The summed E-state index contributed by atoms with van der Waals surface area (Å²) in [5.74, 6) is 0.947. The maximum Gasteiger partial charge on any atom is 0.184 e. The minimum Gasteiger partial charge on any atom is -0.0620 e. The summed E-state index contributed by atoms with van der Waals surface area (Å²) in [6, 6.07) is 11.1. The first-order chi connectivity index (χ1) is 6.96. The van der Waals surface area contributed by atoms with Crippen LogP contribution in [0.5, 0.6) is 0 Å². The third-order valence-corrected chi connectivity index (χ3v) is 15.7. The predicted octanol–water partition coefficient (Wildman–Crippen LogP) is 4.52. The Morgan fingerprint density at radius 3 is 2.13 bits per heavy atom. The Balaban J connectivity index is 2.33. The van der Waals surface area contributed by atoms with Crippen molar-refractivity contribution in [2.75, 3.05) is 13.3 Å². The van der Waals surface area contributed by atoms with Crippen molar-refractivity contribution in [3.8, 4) is 0 Å². The Bertz CT molecular complexity index is 342. The molecule has 0 radical (unpaired) electrons. The van der Waals surface area contributed by atoms with E-state index >= 15 is 0 Å². The molecule has 0 bridgehead atoms. The van der Waals surface area contributed by atoms with Gasteiger partial charge >= 0.3 is 0 Å². The van der Waals surface area contributed by atoms with Crippen molar-refractivity contribution in [1.82, 2.24) is 0 Å². The van der Waals surface area contributed by atoms with Gasteiger partial charge in [-0.25, -0.2) is 0 Å². The number of hydrogen-bond donors (Lipinski definition) is 0. The van der Waals surface area contributed by atoms with Crippen molar-refractivity contribution in [3.05, 3.63) is 30.3 Å². The molecule has 0 unspecified atom stereocenters. The van der Waals surface area contributed by atoms with Crippen LogP contribution >= 0.6 is 52.4 Å². The summed E-state index contributed by atoms with van der Waals surface area (Å²) in [6.45, 7) is 4.97. The normalized spacial score (nSPS) is 17.9. The number of alkyl halides is 2. The van der Waals surface area contributed by atoms with Gasteiger partial charge in [-0.1, -0.05) is 18.2 Å². The summed E-state index contributed by atoms with van der Waals surface area (Å²) in [5, 5.41) is 1.57. The third kappa shape index (κ3) is 2.37.